The van der Waals surface area contributed by atoms with Crippen LogP contribution in [0.4, 0.5) is 0 Å². The molecule has 0 aliphatic carbocycles. The Morgan fingerprint density at radius 3 is 2.50 bits per heavy atom. The van der Waals surface area contributed by atoms with Crippen LogP contribution in [0.5, 0.6) is 0 Å². The van der Waals surface area contributed by atoms with Crippen molar-refractivity contribution in [2.24, 2.45) is 10.9 Å². The number of hydrogen-bond acceptors (Lipinski definition) is 7. The topological polar surface area (TPSA) is 128 Å². The molecule has 1 aliphatic rings. The van der Waals surface area contributed by atoms with Crippen LogP contribution in [0.15, 0.2) is 27.8 Å². The first-order valence-corrected chi connectivity index (χ1v) is 4.84. The summed E-state index contributed by atoms with van der Waals surface area (Å²) in [7, 11) is 0. The zero-order chi connectivity index (χ0) is 13.8. The molecule has 1 heterocycles. The van der Waals surface area contributed by atoms with Crippen molar-refractivity contribution in [2.75, 3.05) is 0 Å². The van der Waals surface area contributed by atoms with E-state index in [4.69, 9.17) is 31.1 Å². The summed E-state index contributed by atoms with van der Waals surface area (Å²) in [5.74, 6) is -1.76. The maximum Gasteiger partial charge on any atom is 0.304 e. The van der Waals surface area contributed by atoms with Crippen molar-refractivity contribution in [3.8, 4) is 18.2 Å². The van der Waals surface area contributed by atoms with Gasteiger partial charge in [0.1, 0.15) is 29.4 Å². The third kappa shape index (κ3) is 1.95. The van der Waals surface area contributed by atoms with Crippen LogP contribution in [0, 0.1) is 34.0 Å². The van der Waals surface area contributed by atoms with Gasteiger partial charge in [-0.25, -0.2) is 0 Å². The van der Waals surface area contributed by atoms with Gasteiger partial charge in [-0.3, -0.25) is 0 Å². The number of nitrogens with two attached hydrogens (primary N) is 1. The highest BCUT2D eigenvalue weighted by atomic mass is 16.8. The van der Waals surface area contributed by atoms with Gasteiger partial charge in [-0.15, -0.1) is 0 Å². The Morgan fingerprint density at radius 1 is 1.44 bits per heavy atom. The van der Waals surface area contributed by atoms with Gasteiger partial charge in [0.2, 0.25) is 5.88 Å². The molecule has 0 aromatic rings. The van der Waals surface area contributed by atoms with E-state index >= 15 is 0 Å². The van der Waals surface area contributed by atoms with E-state index in [0.717, 1.165) is 0 Å². The molecular weight excluding hydrogens is 234 g/mol. The minimum Gasteiger partial charge on any atom is -0.430 e. The number of oxime groups is 1. The van der Waals surface area contributed by atoms with Gasteiger partial charge in [-0.05, 0) is 6.92 Å². The third-order valence-electron chi connectivity index (χ3n) is 2.17. The number of nitrogens with zero attached hydrogens (tertiary/aromatic N) is 4. The molecule has 0 amide bonds. The second kappa shape index (κ2) is 4.90. The molecule has 0 saturated heterocycles. The fourth-order valence-electron chi connectivity index (χ4n) is 1.48. The largest absolute Gasteiger partial charge is 0.430 e. The molecule has 1 rings (SSSR count). The van der Waals surface area contributed by atoms with Crippen LogP contribution in [0.2, 0.25) is 0 Å². The van der Waals surface area contributed by atoms with Crippen molar-refractivity contribution >= 4 is 6.21 Å². The van der Waals surface area contributed by atoms with Crippen molar-refractivity contribution in [1.29, 1.82) is 15.8 Å². The lowest BCUT2D eigenvalue weighted by Gasteiger charge is -2.22. The minimum atomic E-state index is -1.55. The van der Waals surface area contributed by atoms with Gasteiger partial charge in [0.15, 0.2) is 0 Å². The molecule has 0 radical (unpaired) electrons. The maximum absolute atomic E-state index is 8.99. The Labute approximate surface area is 104 Å². The molecule has 1 aliphatic heterocycles. The zero-order valence-corrected chi connectivity index (χ0v) is 9.76. The molecule has 1 atom stereocenters. The SMILES string of the molecule is C/C=N/OC1(C)OC(N)=C(C#N)C1=C(C#N)C#N. The second-order valence-corrected chi connectivity index (χ2v) is 3.33. The van der Waals surface area contributed by atoms with Crippen LogP contribution in [-0.2, 0) is 9.57 Å². The summed E-state index contributed by atoms with van der Waals surface area (Å²) in [6.45, 7) is 3.03. The van der Waals surface area contributed by atoms with E-state index in [0.29, 0.717) is 0 Å². The molecule has 0 fully saturated rings. The molecule has 0 spiro atoms. The Morgan fingerprint density at radius 2 is 2.06 bits per heavy atom. The molecule has 18 heavy (non-hydrogen) atoms. The maximum atomic E-state index is 8.99. The smallest absolute Gasteiger partial charge is 0.304 e. The number of rotatable bonds is 2. The van der Waals surface area contributed by atoms with Gasteiger partial charge >= 0.3 is 5.79 Å². The van der Waals surface area contributed by atoms with E-state index in [2.05, 4.69) is 5.16 Å². The predicted molar refractivity (Wildman–Crippen MR) is 59.8 cm³/mol. The fraction of sp³-hybridized carbons (Fsp3) is 0.273. The van der Waals surface area contributed by atoms with Crippen molar-refractivity contribution in [3.05, 3.63) is 22.6 Å². The van der Waals surface area contributed by atoms with Crippen LogP contribution in [0.1, 0.15) is 13.8 Å². The molecular formula is C11H9N5O2. The predicted octanol–water partition coefficient (Wildman–Crippen LogP) is 0.793. The van der Waals surface area contributed by atoms with Gasteiger partial charge in [0, 0.05) is 13.1 Å². The third-order valence-corrected chi connectivity index (χ3v) is 2.17. The van der Waals surface area contributed by atoms with Crippen molar-refractivity contribution in [2.45, 2.75) is 19.6 Å². The first-order valence-electron chi connectivity index (χ1n) is 4.84. The van der Waals surface area contributed by atoms with Gasteiger partial charge in [0.25, 0.3) is 0 Å². The van der Waals surface area contributed by atoms with Crippen LogP contribution >= 0.6 is 0 Å². The van der Waals surface area contributed by atoms with E-state index in [9.17, 15) is 0 Å². The lowest BCUT2D eigenvalue weighted by atomic mass is 9.97. The first kappa shape index (κ1) is 13.1. The van der Waals surface area contributed by atoms with Crippen LogP contribution < -0.4 is 5.73 Å². The average Bonchev–Trinajstić information content (AvgIpc) is 2.61. The Bertz CT molecular complexity index is 566. The van der Waals surface area contributed by atoms with Crippen LogP contribution in [0.25, 0.3) is 0 Å². The van der Waals surface area contributed by atoms with Crippen molar-refractivity contribution < 1.29 is 9.57 Å². The van der Waals surface area contributed by atoms with Crippen LogP contribution in [0.3, 0.4) is 0 Å². The van der Waals surface area contributed by atoms with E-state index in [1.54, 1.807) is 25.1 Å². The quantitative estimate of drug-likeness (QED) is 0.433. The highest BCUT2D eigenvalue weighted by Gasteiger charge is 2.47. The van der Waals surface area contributed by atoms with Crippen molar-refractivity contribution in [3.63, 3.8) is 0 Å². The summed E-state index contributed by atoms with van der Waals surface area (Å²) < 4.78 is 5.19. The second-order valence-electron chi connectivity index (χ2n) is 3.33. The molecule has 1 unspecified atom stereocenters. The summed E-state index contributed by atoms with van der Waals surface area (Å²) in [6, 6.07) is 5.13. The monoisotopic (exact) mass is 243 g/mol. The van der Waals surface area contributed by atoms with Crippen molar-refractivity contribution in [1.82, 2.24) is 0 Å². The highest BCUT2D eigenvalue weighted by molar-refractivity contribution is 5.60. The standard InChI is InChI=1S/C11H9N5O2/c1-3-16-18-11(2)9(7(4-12)5-13)8(6-14)10(15)17-11/h3H,15H2,1-2H3/b16-3+. The van der Waals surface area contributed by atoms with E-state index in [1.807, 2.05) is 0 Å². The molecule has 0 saturated carbocycles. The lowest BCUT2D eigenvalue weighted by Crippen LogP contribution is -2.30. The summed E-state index contributed by atoms with van der Waals surface area (Å²) in [6.07, 6.45) is 1.35. The van der Waals surface area contributed by atoms with E-state index in [1.165, 1.54) is 13.1 Å². The summed E-state index contributed by atoms with van der Waals surface area (Å²) in [5, 5.41) is 30.3. The highest BCUT2D eigenvalue weighted by Crippen LogP contribution is 2.39. The number of allylic oxidation sites excluding steroid dienone is 1. The van der Waals surface area contributed by atoms with Gasteiger partial charge in [-0.2, -0.15) is 15.8 Å². The molecule has 7 heteroatoms. The number of hydrogen-bond donors (Lipinski definition) is 1. The zero-order valence-electron chi connectivity index (χ0n) is 9.76. The lowest BCUT2D eigenvalue weighted by molar-refractivity contribution is -0.164. The molecule has 0 aromatic heterocycles. The Balaban J connectivity index is 3.47. The first-order chi connectivity index (χ1) is 8.53. The summed E-state index contributed by atoms with van der Waals surface area (Å²) in [4.78, 5) is 5.05. The Kier molecular flexibility index (Phi) is 3.56. The normalized spacial score (nSPS) is 22.1. The van der Waals surface area contributed by atoms with E-state index < -0.39 is 5.79 Å². The average molecular weight is 243 g/mol. The van der Waals surface area contributed by atoms with Gasteiger partial charge in [0.05, 0.1) is 5.57 Å². The summed E-state index contributed by atoms with van der Waals surface area (Å²) in [5.41, 5.74) is 5.11. The van der Waals surface area contributed by atoms with Crippen LogP contribution in [-0.4, -0.2) is 12.0 Å². The molecule has 0 bridgehead atoms. The van der Waals surface area contributed by atoms with Gasteiger partial charge < -0.3 is 15.3 Å². The molecule has 7 nitrogen and oxygen atoms in total. The Hall–Kier alpha value is -2.98. The molecule has 0 aromatic carbocycles. The minimum absolute atomic E-state index is 0.0156. The molecule has 2 N–H and O–H groups in total. The van der Waals surface area contributed by atoms with E-state index in [-0.39, 0.29) is 22.6 Å². The summed E-state index contributed by atoms with van der Waals surface area (Å²) >= 11 is 0. The van der Waals surface area contributed by atoms with Gasteiger partial charge in [-0.1, -0.05) is 5.16 Å². The fourth-order valence-corrected chi connectivity index (χ4v) is 1.48. The molecule has 90 valence electrons. The number of nitriles is 3. The number of ether oxygens (including phenoxy) is 1.